The third-order valence-electron chi connectivity index (χ3n) is 4.03. The number of hydrogen-bond acceptors (Lipinski definition) is 6. The fourth-order valence-electron chi connectivity index (χ4n) is 2.68. The van der Waals surface area contributed by atoms with Crippen molar-refractivity contribution in [2.75, 3.05) is 11.6 Å². The van der Waals surface area contributed by atoms with Crippen LogP contribution in [-0.4, -0.2) is 36.3 Å². The molecule has 11 heteroatoms. The molecule has 29 heavy (non-hydrogen) atoms. The molecule has 1 aromatic heterocycles. The van der Waals surface area contributed by atoms with E-state index < -0.39 is 33.8 Å². The Morgan fingerprint density at radius 3 is 2.45 bits per heavy atom. The molecule has 2 aromatic carbocycles. The van der Waals surface area contributed by atoms with Gasteiger partial charge >= 0.3 is 0 Å². The Hall–Kier alpha value is -3.24. The summed E-state index contributed by atoms with van der Waals surface area (Å²) in [6, 6.07) is 10.1. The van der Waals surface area contributed by atoms with Gasteiger partial charge in [0.15, 0.2) is 15.5 Å². The molecule has 0 aliphatic carbocycles. The fourth-order valence-corrected chi connectivity index (χ4v) is 3.49. The molecule has 0 atom stereocenters. The van der Waals surface area contributed by atoms with E-state index in [0.717, 1.165) is 10.9 Å². The molecular weight excluding hydrogens is 420 g/mol. The van der Waals surface area contributed by atoms with Crippen LogP contribution in [-0.2, 0) is 21.2 Å². The topological polar surface area (TPSA) is 141 Å². The Balaban J connectivity index is 1.96. The molecular formula is C18H15ClN4O5S. The maximum atomic E-state index is 12.6. The number of nitrogens with one attached hydrogen (secondary N) is 1. The van der Waals surface area contributed by atoms with Crippen molar-refractivity contribution in [3.05, 3.63) is 63.5 Å². The number of aromatic nitrogens is 2. The Bertz CT molecular complexity index is 1320. The maximum absolute atomic E-state index is 12.6. The van der Waals surface area contributed by atoms with Crippen LogP contribution in [0, 0.1) is 0 Å². The van der Waals surface area contributed by atoms with E-state index in [1.165, 1.54) is 30.3 Å². The minimum Gasteiger partial charge on any atom is -0.364 e. The van der Waals surface area contributed by atoms with Gasteiger partial charge in [0, 0.05) is 11.6 Å². The van der Waals surface area contributed by atoms with Crippen LogP contribution in [0.4, 0.5) is 5.69 Å². The van der Waals surface area contributed by atoms with Crippen molar-refractivity contribution in [3.8, 4) is 0 Å². The predicted octanol–water partition coefficient (Wildman–Crippen LogP) is 1.19. The summed E-state index contributed by atoms with van der Waals surface area (Å²) in [6.45, 7) is -0.538. The summed E-state index contributed by atoms with van der Waals surface area (Å²) in [5.41, 5.74) is 4.66. The van der Waals surface area contributed by atoms with Gasteiger partial charge in [-0.3, -0.25) is 14.4 Å². The van der Waals surface area contributed by atoms with Crippen molar-refractivity contribution in [3.63, 3.8) is 0 Å². The van der Waals surface area contributed by atoms with Gasteiger partial charge in [-0.1, -0.05) is 29.8 Å². The summed E-state index contributed by atoms with van der Waals surface area (Å²) in [5.74, 6) is -1.54. The summed E-state index contributed by atoms with van der Waals surface area (Å²) in [7, 11) is -3.51. The number of primary amides is 1. The van der Waals surface area contributed by atoms with Crippen molar-refractivity contribution in [1.29, 1.82) is 0 Å². The maximum Gasteiger partial charge on any atom is 0.275 e. The van der Waals surface area contributed by atoms with Gasteiger partial charge in [-0.25, -0.2) is 13.1 Å². The van der Waals surface area contributed by atoms with Gasteiger partial charge in [0.2, 0.25) is 5.91 Å². The SMILES string of the molecule is CS(=O)(=O)c1ccc(Cl)c(NC(=O)Cn2nc(C(N)=O)c3ccccc3c2=O)c1. The zero-order valence-electron chi connectivity index (χ0n) is 15.0. The van der Waals surface area contributed by atoms with E-state index in [1.54, 1.807) is 12.1 Å². The molecule has 0 radical (unpaired) electrons. The molecule has 0 unspecified atom stereocenters. The van der Waals surface area contributed by atoms with E-state index in [4.69, 9.17) is 17.3 Å². The van der Waals surface area contributed by atoms with Crippen molar-refractivity contribution >= 4 is 49.7 Å². The first-order valence-electron chi connectivity index (χ1n) is 8.17. The lowest BCUT2D eigenvalue weighted by atomic mass is 10.1. The summed E-state index contributed by atoms with van der Waals surface area (Å²) in [4.78, 5) is 36.7. The highest BCUT2D eigenvalue weighted by atomic mass is 35.5. The zero-order valence-corrected chi connectivity index (χ0v) is 16.6. The van der Waals surface area contributed by atoms with Crippen LogP contribution in [0.5, 0.6) is 0 Å². The Morgan fingerprint density at radius 1 is 1.17 bits per heavy atom. The first-order valence-corrected chi connectivity index (χ1v) is 10.4. The highest BCUT2D eigenvalue weighted by Crippen LogP contribution is 2.25. The van der Waals surface area contributed by atoms with Crippen LogP contribution in [0.15, 0.2) is 52.2 Å². The molecule has 3 aromatic rings. The van der Waals surface area contributed by atoms with Crippen LogP contribution in [0.1, 0.15) is 10.5 Å². The zero-order chi connectivity index (χ0) is 21.3. The molecule has 3 N–H and O–H groups in total. The molecule has 0 bridgehead atoms. The first kappa shape index (κ1) is 20.5. The highest BCUT2D eigenvalue weighted by Gasteiger charge is 2.17. The van der Waals surface area contributed by atoms with E-state index >= 15 is 0 Å². The van der Waals surface area contributed by atoms with E-state index in [-0.39, 0.29) is 32.1 Å². The van der Waals surface area contributed by atoms with Gasteiger partial charge in [-0.2, -0.15) is 5.10 Å². The van der Waals surface area contributed by atoms with Crippen LogP contribution in [0.3, 0.4) is 0 Å². The molecule has 0 spiro atoms. The number of carbonyl (C=O) groups is 2. The van der Waals surface area contributed by atoms with Gasteiger partial charge < -0.3 is 11.1 Å². The number of rotatable bonds is 5. The molecule has 2 amide bonds. The number of nitrogens with two attached hydrogens (primary N) is 1. The van der Waals surface area contributed by atoms with Crippen LogP contribution in [0.2, 0.25) is 5.02 Å². The number of benzene rings is 2. The van der Waals surface area contributed by atoms with Crippen LogP contribution < -0.4 is 16.6 Å². The Kier molecular flexibility index (Phi) is 5.40. The van der Waals surface area contributed by atoms with Gasteiger partial charge in [0.25, 0.3) is 11.5 Å². The molecule has 0 aliphatic rings. The second kappa shape index (κ2) is 7.64. The Morgan fingerprint density at radius 2 is 1.83 bits per heavy atom. The first-order chi connectivity index (χ1) is 13.6. The lowest BCUT2D eigenvalue weighted by molar-refractivity contribution is -0.117. The molecule has 0 saturated carbocycles. The number of hydrogen-bond donors (Lipinski definition) is 2. The second-order valence-electron chi connectivity index (χ2n) is 6.18. The quantitative estimate of drug-likeness (QED) is 0.617. The number of anilines is 1. The van der Waals surface area contributed by atoms with Crippen molar-refractivity contribution < 1.29 is 18.0 Å². The van der Waals surface area contributed by atoms with Crippen molar-refractivity contribution in [1.82, 2.24) is 9.78 Å². The van der Waals surface area contributed by atoms with Crippen LogP contribution >= 0.6 is 11.6 Å². The lowest BCUT2D eigenvalue weighted by Gasteiger charge is -2.11. The number of halogens is 1. The summed E-state index contributed by atoms with van der Waals surface area (Å²) < 4.78 is 24.2. The summed E-state index contributed by atoms with van der Waals surface area (Å²) in [5, 5.41) is 6.92. The van der Waals surface area contributed by atoms with Gasteiger partial charge in [0.1, 0.15) is 6.54 Å². The fraction of sp³-hybridized carbons (Fsp3) is 0.111. The second-order valence-corrected chi connectivity index (χ2v) is 8.61. The summed E-state index contributed by atoms with van der Waals surface area (Å²) >= 11 is 6.01. The molecule has 1 heterocycles. The average Bonchev–Trinajstić information content (AvgIpc) is 2.64. The van der Waals surface area contributed by atoms with Crippen molar-refractivity contribution in [2.45, 2.75) is 11.4 Å². The lowest BCUT2D eigenvalue weighted by Crippen LogP contribution is -2.32. The Labute approximate surface area is 170 Å². The molecule has 0 fully saturated rings. The standard InChI is InChI=1S/C18H15ClN4O5S/c1-29(27,28)10-6-7-13(19)14(8-10)21-15(24)9-23-18(26)12-5-3-2-4-11(12)16(22-23)17(20)25/h2-8H,9H2,1H3,(H2,20,25)(H,21,24). The average molecular weight is 435 g/mol. The monoisotopic (exact) mass is 434 g/mol. The van der Waals surface area contributed by atoms with E-state index in [0.29, 0.717) is 0 Å². The van der Waals surface area contributed by atoms with E-state index in [2.05, 4.69) is 10.4 Å². The number of amides is 2. The number of fused-ring (bicyclic) bond motifs is 1. The van der Waals surface area contributed by atoms with Gasteiger partial charge in [-0.05, 0) is 24.3 Å². The number of nitrogens with zero attached hydrogens (tertiary/aromatic N) is 2. The number of sulfone groups is 1. The largest absolute Gasteiger partial charge is 0.364 e. The smallest absolute Gasteiger partial charge is 0.275 e. The minimum absolute atomic E-state index is 0.0331. The molecule has 0 aliphatic heterocycles. The third kappa shape index (κ3) is 4.28. The van der Waals surface area contributed by atoms with Crippen molar-refractivity contribution in [2.24, 2.45) is 5.73 Å². The van der Waals surface area contributed by atoms with Gasteiger partial charge in [0.05, 0.1) is 21.0 Å². The minimum atomic E-state index is -3.51. The summed E-state index contributed by atoms with van der Waals surface area (Å²) in [6.07, 6.45) is 1.02. The highest BCUT2D eigenvalue weighted by molar-refractivity contribution is 7.90. The molecule has 0 saturated heterocycles. The number of carbonyl (C=O) groups excluding carboxylic acids is 2. The predicted molar refractivity (Wildman–Crippen MR) is 108 cm³/mol. The molecule has 150 valence electrons. The normalized spacial score (nSPS) is 11.4. The van der Waals surface area contributed by atoms with E-state index in [1.807, 2.05) is 0 Å². The van der Waals surface area contributed by atoms with Gasteiger partial charge in [-0.15, -0.1) is 0 Å². The van der Waals surface area contributed by atoms with E-state index in [9.17, 15) is 22.8 Å². The van der Waals surface area contributed by atoms with Crippen LogP contribution in [0.25, 0.3) is 10.8 Å². The molecule has 9 nitrogen and oxygen atoms in total. The molecule has 3 rings (SSSR count). The third-order valence-corrected chi connectivity index (χ3v) is 5.47.